The maximum atomic E-state index is 12.4. The van der Waals surface area contributed by atoms with Crippen molar-refractivity contribution in [3.63, 3.8) is 0 Å². The van der Waals surface area contributed by atoms with Crippen LogP contribution in [-0.4, -0.2) is 5.91 Å². The van der Waals surface area contributed by atoms with Crippen LogP contribution < -0.4 is 10.1 Å². The van der Waals surface area contributed by atoms with Gasteiger partial charge in [-0.05, 0) is 75.6 Å². The van der Waals surface area contributed by atoms with Crippen LogP contribution in [0.25, 0.3) is 6.08 Å². The number of nitrogens with one attached hydrogen (secondary N) is 1. The molecule has 3 rings (SSSR count). The fourth-order valence-corrected chi connectivity index (χ4v) is 3.83. The highest BCUT2D eigenvalue weighted by Gasteiger charge is 2.11. The molecule has 0 saturated heterocycles. The highest BCUT2D eigenvalue weighted by molar-refractivity contribution is 9.10. The molecule has 3 aromatic carbocycles. The van der Waals surface area contributed by atoms with Gasteiger partial charge in [-0.15, -0.1) is 0 Å². The van der Waals surface area contributed by atoms with E-state index in [0.29, 0.717) is 38.1 Å². The zero-order valence-corrected chi connectivity index (χ0v) is 20.5. The van der Waals surface area contributed by atoms with Crippen molar-refractivity contribution in [1.82, 2.24) is 0 Å². The van der Waals surface area contributed by atoms with Gasteiger partial charge in [0.25, 0.3) is 5.91 Å². The van der Waals surface area contributed by atoms with E-state index < -0.39 is 5.91 Å². The van der Waals surface area contributed by atoms with Gasteiger partial charge in [-0.2, -0.15) is 5.26 Å². The standard InChI is InChI=1S/C23H14Br2Cl2N2O2/c24-17-2-1-3-18(11-17)29-23(30)16(12-28)8-14-5-7-22(19(25)9-14)31-13-15-4-6-20(26)21(27)10-15/h1-11H,13H2,(H,29,30)/b16-8-. The molecule has 0 fully saturated rings. The molecule has 0 spiro atoms. The summed E-state index contributed by atoms with van der Waals surface area (Å²) < 4.78 is 7.34. The van der Waals surface area contributed by atoms with E-state index in [4.69, 9.17) is 27.9 Å². The molecule has 0 unspecified atom stereocenters. The summed E-state index contributed by atoms with van der Waals surface area (Å²) in [7, 11) is 0. The Balaban J connectivity index is 1.71. The van der Waals surface area contributed by atoms with Crippen LogP contribution in [0.2, 0.25) is 10.0 Å². The number of carbonyl (C=O) groups is 1. The van der Waals surface area contributed by atoms with E-state index in [0.717, 1.165) is 10.0 Å². The molecule has 0 aliphatic carbocycles. The minimum Gasteiger partial charge on any atom is -0.488 e. The van der Waals surface area contributed by atoms with E-state index in [1.165, 1.54) is 6.08 Å². The molecular formula is C23H14Br2Cl2N2O2. The van der Waals surface area contributed by atoms with Crippen LogP contribution in [0.3, 0.4) is 0 Å². The summed E-state index contributed by atoms with van der Waals surface area (Å²) in [6.45, 7) is 0.309. The normalized spacial score (nSPS) is 11.0. The highest BCUT2D eigenvalue weighted by atomic mass is 79.9. The number of benzene rings is 3. The second-order valence-electron chi connectivity index (χ2n) is 6.36. The van der Waals surface area contributed by atoms with Gasteiger partial charge >= 0.3 is 0 Å². The van der Waals surface area contributed by atoms with Crippen molar-refractivity contribution >= 4 is 72.7 Å². The Morgan fingerprint density at radius 3 is 2.55 bits per heavy atom. The molecule has 31 heavy (non-hydrogen) atoms. The zero-order valence-electron chi connectivity index (χ0n) is 15.8. The summed E-state index contributed by atoms with van der Waals surface area (Å²) in [5.74, 6) is 0.122. The second-order valence-corrected chi connectivity index (χ2v) is 8.95. The molecule has 4 nitrogen and oxygen atoms in total. The van der Waals surface area contributed by atoms with Gasteiger partial charge in [0.2, 0.25) is 0 Å². The Hall–Kier alpha value is -2.30. The Morgan fingerprint density at radius 1 is 1.06 bits per heavy atom. The van der Waals surface area contributed by atoms with E-state index in [1.54, 1.807) is 48.5 Å². The predicted molar refractivity (Wildman–Crippen MR) is 131 cm³/mol. The third-order valence-corrected chi connectivity index (χ3v) is 5.94. The Morgan fingerprint density at radius 2 is 1.87 bits per heavy atom. The van der Waals surface area contributed by atoms with Crippen LogP contribution in [0.15, 0.2) is 75.2 Å². The number of carbonyl (C=O) groups excluding carboxylic acids is 1. The van der Waals surface area contributed by atoms with Gasteiger partial charge in [-0.25, -0.2) is 0 Å². The molecular weight excluding hydrogens is 567 g/mol. The predicted octanol–water partition coefficient (Wildman–Crippen LogP) is 7.64. The average Bonchev–Trinajstić information content (AvgIpc) is 2.73. The SMILES string of the molecule is N#C/C(=C/c1ccc(OCc2ccc(Cl)c(Cl)c2)c(Br)c1)C(=O)Nc1cccc(Br)c1. The van der Waals surface area contributed by atoms with Crippen LogP contribution in [0, 0.1) is 11.3 Å². The third-order valence-electron chi connectivity index (χ3n) is 4.09. The molecule has 0 aliphatic rings. The lowest BCUT2D eigenvalue weighted by atomic mass is 10.1. The Bertz CT molecular complexity index is 1210. The maximum absolute atomic E-state index is 12.4. The molecule has 0 atom stereocenters. The van der Waals surface area contributed by atoms with Gasteiger partial charge in [0, 0.05) is 10.2 Å². The summed E-state index contributed by atoms with van der Waals surface area (Å²) in [6.07, 6.45) is 1.51. The first kappa shape index (κ1) is 23.4. The fraction of sp³-hybridized carbons (Fsp3) is 0.0435. The zero-order chi connectivity index (χ0) is 22.4. The largest absolute Gasteiger partial charge is 0.488 e. The lowest BCUT2D eigenvalue weighted by Gasteiger charge is -2.10. The molecule has 0 radical (unpaired) electrons. The van der Waals surface area contributed by atoms with Gasteiger partial charge < -0.3 is 10.1 Å². The minimum atomic E-state index is -0.489. The Kier molecular flexibility index (Phi) is 8.16. The van der Waals surface area contributed by atoms with Crippen molar-refractivity contribution in [3.05, 3.63) is 96.4 Å². The fourth-order valence-electron chi connectivity index (χ4n) is 2.59. The van der Waals surface area contributed by atoms with Crippen LogP contribution >= 0.6 is 55.1 Å². The first-order valence-electron chi connectivity index (χ1n) is 8.90. The lowest BCUT2D eigenvalue weighted by Crippen LogP contribution is -2.13. The van der Waals surface area contributed by atoms with Gasteiger partial charge in [0.15, 0.2) is 0 Å². The topological polar surface area (TPSA) is 62.1 Å². The number of hydrogen-bond donors (Lipinski definition) is 1. The molecule has 0 bridgehead atoms. The van der Waals surface area contributed by atoms with Crippen molar-refractivity contribution in [2.45, 2.75) is 6.61 Å². The minimum absolute atomic E-state index is 0.0173. The van der Waals surface area contributed by atoms with Crippen LogP contribution in [0.4, 0.5) is 5.69 Å². The molecule has 0 heterocycles. The average molecular weight is 581 g/mol. The van der Waals surface area contributed by atoms with Crippen LogP contribution in [0.1, 0.15) is 11.1 Å². The van der Waals surface area contributed by atoms with E-state index >= 15 is 0 Å². The first-order valence-corrected chi connectivity index (χ1v) is 11.2. The quantitative estimate of drug-likeness (QED) is 0.241. The van der Waals surface area contributed by atoms with Crippen molar-refractivity contribution in [2.24, 2.45) is 0 Å². The van der Waals surface area contributed by atoms with E-state index in [1.807, 2.05) is 18.2 Å². The number of anilines is 1. The number of ether oxygens (including phenoxy) is 1. The maximum Gasteiger partial charge on any atom is 0.266 e. The van der Waals surface area contributed by atoms with Gasteiger partial charge in [-0.1, -0.05) is 57.3 Å². The van der Waals surface area contributed by atoms with Crippen molar-refractivity contribution in [3.8, 4) is 11.8 Å². The van der Waals surface area contributed by atoms with E-state index in [2.05, 4.69) is 37.2 Å². The molecule has 156 valence electrons. The summed E-state index contributed by atoms with van der Waals surface area (Å²) >= 11 is 18.8. The van der Waals surface area contributed by atoms with Gasteiger partial charge in [0.1, 0.15) is 24.0 Å². The highest BCUT2D eigenvalue weighted by Crippen LogP contribution is 2.29. The van der Waals surface area contributed by atoms with Gasteiger partial charge in [-0.3, -0.25) is 4.79 Å². The van der Waals surface area contributed by atoms with Crippen molar-refractivity contribution in [2.75, 3.05) is 5.32 Å². The number of nitrogens with zero attached hydrogens (tertiary/aromatic N) is 1. The molecule has 8 heteroatoms. The monoisotopic (exact) mass is 578 g/mol. The number of nitriles is 1. The summed E-state index contributed by atoms with van der Waals surface area (Å²) in [5, 5.41) is 13.1. The lowest BCUT2D eigenvalue weighted by molar-refractivity contribution is -0.112. The number of rotatable bonds is 6. The number of amides is 1. The van der Waals surface area contributed by atoms with Crippen molar-refractivity contribution in [1.29, 1.82) is 5.26 Å². The third kappa shape index (κ3) is 6.59. The summed E-state index contributed by atoms with van der Waals surface area (Å²) in [5.41, 5.74) is 2.13. The van der Waals surface area contributed by atoms with E-state index in [9.17, 15) is 10.1 Å². The molecule has 1 amide bonds. The second kappa shape index (κ2) is 10.8. The molecule has 0 aliphatic heterocycles. The summed E-state index contributed by atoms with van der Waals surface area (Å²) in [6, 6.07) is 19.7. The van der Waals surface area contributed by atoms with E-state index in [-0.39, 0.29) is 5.57 Å². The number of halogens is 4. The van der Waals surface area contributed by atoms with Crippen molar-refractivity contribution < 1.29 is 9.53 Å². The molecule has 0 saturated carbocycles. The first-order chi connectivity index (χ1) is 14.9. The molecule has 3 aromatic rings. The Labute approximate surface area is 206 Å². The molecule has 1 N–H and O–H groups in total. The number of hydrogen-bond acceptors (Lipinski definition) is 3. The van der Waals surface area contributed by atoms with Crippen LogP contribution in [0.5, 0.6) is 5.75 Å². The smallest absolute Gasteiger partial charge is 0.266 e. The van der Waals surface area contributed by atoms with Crippen LogP contribution in [-0.2, 0) is 11.4 Å². The van der Waals surface area contributed by atoms with Gasteiger partial charge in [0.05, 0.1) is 14.5 Å². The molecule has 0 aromatic heterocycles. The summed E-state index contributed by atoms with van der Waals surface area (Å²) in [4.78, 5) is 12.4.